The second-order valence-corrected chi connectivity index (χ2v) is 5.85. The Morgan fingerprint density at radius 2 is 1.61 bits per heavy atom. The van der Waals surface area contributed by atoms with Crippen LogP contribution in [0.1, 0.15) is 12.0 Å². The lowest BCUT2D eigenvalue weighted by atomic mass is 10.1. The summed E-state index contributed by atoms with van der Waals surface area (Å²) in [6, 6.07) is 12.3. The van der Waals surface area contributed by atoms with E-state index in [4.69, 9.17) is 19.9 Å². The van der Waals surface area contributed by atoms with Gasteiger partial charge in [-0.15, -0.1) is 0 Å². The van der Waals surface area contributed by atoms with Crippen LogP contribution in [0.15, 0.2) is 48.5 Å². The van der Waals surface area contributed by atoms with Gasteiger partial charge in [0, 0.05) is 30.3 Å². The molecule has 0 heterocycles. The number of hydrogen-bond donors (Lipinski definition) is 1. The van der Waals surface area contributed by atoms with E-state index in [9.17, 15) is 9.59 Å². The van der Waals surface area contributed by atoms with Gasteiger partial charge in [0.05, 0.1) is 21.3 Å². The van der Waals surface area contributed by atoms with Crippen molar-refractivity contribution >= 4 is 23.6 Å². The Labute approximate surface area is 164 Å². The number of methoxy groups -OCH3 is 3. The van der Waals surface area contributed by atoms with Crippen molar-refractivity contribution in [3.8, 4) is 17.2 Å². The van der Waals surface area contributed by atoms with Gasteiger partial charge < -0.3 is 24.8 Å². The van der Waals surface area contributed by atoms with Crippen molar-refractivity contribution in [2.75, 3.05) is 32.8 Å². The van der Waals surface area contributed by atoms with Crippen molar-refractivity contribution in [2.45, 2.75) is 6.42 Å². The highest BCUT2D eigenvalue weighted by molar-refractivity contribution is 6.04. The third kappa shape index (κ3) is 5.51. The van der Waals surface area contributed by atoms with Crippen LogP contribution in [0.2, 0.25) is 0 Å². The SMILES string of the molecule is COc1ccc(N(CCC(N)=O)C(=O)/C=C/c2cc(OC)ccc2OC)cc1. The van der Waals surface area contributed by atoms with E-state index in [0.717, 1.165) is 0 Å². The first kappa shape index (κ1) is 20.8. The van der Waals surface area contributed by atoms with Crippen LogP contribution < -0.4 is 24.8 Å². The number of nitrogens with zero attached hydrogens (tertiary/aromatic N) is 1. The van der Waals surface area contributed by atoms with Crippen LogP contribution >= 0.6 is 0 Å². The van der Waals surface area contributed by atoms with Crippen molar-refractivity contribution in [3.05, 3.63) is 54.1 Å². The minimum absolute atomic E-state index is 0.0497. The van der Waals surface area contributed by atoms with Gasteiger partial charge in [-0.25, -0.2) is 0 Å². The zero-order chi connectivity index (χ0) is 20.5. The molecule has 2 rings (SSSR count). The molecule has 0 saturated carbocycles. The molecule has 0 aliphatic carbocycles. The second kappa shape index (κ2) is 10.0. The smallest absolute Gasteiger partial charge is 0.251 e. The predicted molar refractivity (Wildman–Crippen MR) is 108 cm³/mol. The molecule has 0 saturated heterocycles. The molecule has 0 unspecified atom stereocenters. The van der Waals surface area contributed by atoms with Crippen molar-refractivity contribution in [1.29, 1.82) is 0 Å². The summed E-state index contributed by atoms with van der Waals surface area (Å²) in [4.78, 5) is 25.5. The minimum Gasteiger partial charge on any atom is -0.497 e. The van der Waals surface area contributed by atoms with E-state index in [0.29, 0.717) is 28.5 Å². The molecule has 2 aromatic carbocycles. The number of ether oxygens (including phenoxy) is 3. The molecule has 0 fully saturated rings. The highest BCUT2D eigenvalue weighted by Crippen LogP contribution is 2.26. The van der Waals surface area contributed by atoms with Crippen LogP contribution in [0.25, 0.3) is 6.08 Å². The van der Waals surface area contributed by atoms with Gasteiger partial charge in [0.1, 0.15) is 17.2 Å². The number of nitrogens with two attached hydrogens (primary N) is 1. The monoisotopic (exact) mass is 384 g/mol. The fourth-order valence-corrected chi connectivity index (χ4v) is 2.57. The third-order valence-corrected chi connectivity index (χ3v) is 4.07. The molecule has 28 heavy (non-hydrogen) atoms. The van der Waals surface area contributed by atoms with Gasteiger partial charge in [0.2, 0.25) is 5.91 Å². The van der Waals surface area contributed by atoms with Crippen LogP contribution in [0.4, 0.5) is 5.69 Å². The number of primary amides is 1. The number of amides is 2. The number of benzene rings is 2. The second-order valence-electron chi connectivity index (χ2n) is 5.85. The van der Waals surface area contributed by atoms with E-state index in [1.54, 1.807) is 69.9 Å². The first-order chi connectivity index (χ1) is 13.5. The Morgan fingerprint density at radius 3 is 2.18 bits per heavy atom. The van der Waals surface area contributed by atoms with Gasteiger partial charge in [0.25, 0.3) is 5.91 Å². The van der Waals surface area contributed by atoms with Crippen molar-refractivity contribution in [1.82, 2.24) is 0 Å². The molecule has 7 nitrogen and oxygen atoms in total. The summed E-state index contributed by atoms with van der Waals surface area (Å²) in [6.45, 7) is 0.167. The summed E-state index contributed by atoms with van der Waals surface area (Å²) in [7, 11) is 4.68. The largest absolute Gasteiger partial charge is 0.497 e. The number of hydrogen-bond acceptors (Lipinski definition) is 5. The zero-order valence-electron chi connectivity index (χ0n) is 16.2. The molecular formula is C21H24N2O5. The molecule has 0 atom stereocenters. The molecule has 148 valence electrons. The summed E-state index contributed by atoms with van der Waals surface area (Å²) in [5.41, 5.74) is 6.58. The van der Waals surface area contributed by atoms with Gasteiger partial charge >= 0.3 is 0 Å². The van der Waals surface area contributed by atoms with Gasteiger partial charge in [-0.3, -0.25) is 9.59 Å². The molecule has 0 radical (unpaired) electrons. The first-order valence-corrected chi connectivity index (χ1v) is 8.62. The van der Waals surface area contributed by atoms with E-state index in [1.807, 2.05) is 0 Å². The first-order valence-electron chi connectivity index (χ1n) is 8.62. The summed E-state index contributed by atoms with van der Waals surface area (Å²) < 4.78 is 15.7. The third-order valence-electron chi connectivity index (χ3n) is 4.07. The van der Waals surface area contributed by atoms with E-state index in [1.165, 1.54) is 11.0 Å². The number of carbonyl (C=O) groups is 2. The number of rotatable bonds is 9. The average molecular weight is 384 g/mol. The van der Waals surface area contributed by atoms with Crippen molar-refractivity contribution in [2.24, 2.45) is 5.73 Å². The number of anilines is 1. The lowest BCUT2D eigenvalue weighted by molar-refractivity contribution is -0.118. The normalized spacial score (nSPS) is 10.5. The highest BCUT2D eigenvalue weighted by atomic mass is 16.5. The average Bonchev–Trinajstić information content (AvgIpc) is 2.72. The molecule has 0 spiro atoms. The lowest BCUT2D eigenvalue weighted by Gasteiger charge is -2.21. The fourth-order valence-electron chi connectivity index (χ4n) is 2.57. The Morgan fingerprint density at radius 1 is 0.964 bits per heavy atom. The Kier molecular flexibility index (Phi) is 7.45. The van der Waals surface area contributed by atoms with Crippen molar-refractivity contribution < 1.29 is 23.8 Å². The summed E-state index contributed by atoms with van der Waals surface area (Å²) in [6.07, 6.45) is 3.11. The molecule has 0 aromatic heterocycles. The summed E-state index contributed by atoms with van der Waals surface area (Å²) >= 11 is 0. The van der Waals surface area contributed by atoms with Gasteiger partial charge in [0.15, 0.2) is 0 Å². The summed E-state index contributed by atoms with van der Waals surface area (Å²) in [5.74, 6) is 1.15. The van der Waals surface area contributed by atoms with E-state index < -0.39 is 5.91 Å². The quantitative estimate of drug-likeness (QED) is 0.671. The number of carbonyl (C=O) groups excluding carboxylic acids is 2. The van der Waals surface area contributed by atoms with Gasteiger partial charge in [-0.1, -0.05) is 0 Å². The molecule has 2 amide bonds. The molecule has 0 bridgehead atoms. The Bertz CT molecular complexity index is 846. The van der Waals surface area contributed by atoms with Crippen molar-refractivity contribution in [3.63, 3.8) is 0 Å². The molecule has 7 heteroatoms. The van der Waals surface area contributed by atoms with Crippen LogP contribution in [-0.4, -0.2) is 39.7 Å². The van der Waals surface area contributed by atoms with Gasteiger partial charge in [-0.2, -0.15) is 0 Å². The maximum Gasteiger partial charge on any atom is 0.251 e. The van der Waals surface area contributed by atoms with Crippen LogP contribution in [-0.2, 0) is 9.59 Å². The maximum absolute atomic E-state index is 12.8. The van der Waals surface area contributed by atoms with Gasteiger partial charge in [-0.05, 0) is 48.5 Å². The molecule has 0 aliphatic heterocycles. The van der Waals surface area contributed by atoms with E-state index >= 15 is 0 Å². The standard InChI is InChI=1S/C21H24N2O5/c1-26-17-7-5-16(6-8-17)23(13-12-20(22)24)21(25)11-4-15-14-18(27-2)9-10-19(15)28-3/h4-11,14H,12-13H2,1-3H3,(H2,22,24)/b11-4+. The zero-order valence-corrected chi connectivity index (χ0v) is 16.2. The predicted octanol–water partition coefficient (Wildman–Crippen LogP) is 2.63. The topological polar surface area (TPSA) is 91.1 Å². The molecule has 2 N–H and O–H groups in total. The Hall–Kier alpha value is -3.48. The van der Waals surface area contributed by atoms with E-state index in [-0.39, 0.29) is 18.9 Å². The lowest BCUT2D eigenvalue weighted by Crippen LogP contribution is -2.32. The molecule has 2 aromatic rings. The Balaban J connectivity index is 2.28. The van der Waals surface area contributed by atoms with E-state index in [2.05, 4.69) is 0 Å². The molecular weight excluding hydrogens is 360 g/mol. The van der Waals surface area contributed by atoms with Crippen LogP contribution in [0.5, 0.6) is 17.2 Å². The summed E-state index contributed by atoms with van der Waals surface area (Å²) in [5, 5.41) is 0. The fraction of sp³-hybridized carbons (Fsp3) is 0.238. The maximum atomic E-state index is 12.8. The van der Waals surface area contributed by atoms with Crippen LogP contribution in [0, 0.1) is 0 Å². The highest BCUT2D eigenvalue weighted by Gasteiger charge is 2.15. The minimum atomic E-state index is -0.482. The van der Waals surface area contributed by atoms with Crippen LogP contribution in [0.3, 0.4) is 0 Å². The molecule has 0 aliphatic rings.